The molecule has 1 aromatic carbocycles. The normalized spacial score (nSPS) is 11.6. The quantitative estimate of drug-likeness (QED) is 0.617. The Morgan fingerprint density at radius 2 is 1.75 bits per heavy atom. The van der Waals surface area contributed by atoms with Gasteiger partial charge in [-0.05, 0) is 18.2 Å². The number of alkyl halides is 3. The van der Waals surface area contributed by atoms with Crippen LogP contribution in [0, 0.1) is 17.1 Å². The molecule has 7 nitrogen and oxygen atoms in total. The molecule has 28 heavy (non-hydrogen) atoms. The molecule has 0 atom stereocenters. The highest BCUT2D eigenvalue weighted by Crippen LogP contribution is 2.27. The van der Waals surface area contributed by atoms with Crippen LogP contribution in [0.3, 0.4) is 0 Å². The van der Waals surface area contributed by atoms with Gasteiger partial charge in [0.2, 0.25) is 0 Å². The lowest BCUT2D eigenvalue weighted by Crippen LogP contribution is -2.41. The summed E-state index contributed by atoms with van der Waals surface area (Å²) in [4.78, 5) is 36.5. The van der Waals surface area contributed by atoms with Crippen LogP contribution >= 0.6 is 0 Å². The molecule has 0 bridgehead atoms. The van der Waals surface area contributed by atoms with Crippen molar-refractivity contribution in [2.45, 2.75) is 12.7 Å². The largest absolute Gasteiger partial charge is 0.431 e. The van der Waals surface area contributed by atoms with E-state index in [9.17, 15) is 31.9 Å². The summed E-state index contributed by atoms with van der Waals surface area (Å²) in [6.45, 7) is -0.388. The molecule has 0 aliphatic rings. The van der Waals surface area contributed by atoms with Crippen molar-refractivity contribution in [1.82, 2.24) is 13.7 Å². The third-order valence-corrected chi connectivity index (χ3v) is 4.14. The molecule has 144 valence electrons. The van der Waals surface area contributed by atoms with E-state index >= 15 is 0 Å². The minimum Gasteiger partial charge on any atom is -0.294 e. The van der Waals surface area contributed by atoms with Crippen LogP contribution in [-0.2, 0) is 19.8 Å². The van der Waals surface area contributed by atoms with E-state index in [1.807, 2.05) is 0 Å². The number of halogens is 4. The van der Waals surface area contributed by atoms with Gasteiger partial charge in [0.05, 0.1) is 17.3 Å². The Balaban J connectivity index is 2.41. The molecule has 0 spiro atoms. The zero-order chi connectivity index (χ0) is 20.8. The van der Waals surface area contributed by atoms with Crippen LogP contribution in [0.4, 0.5) is 17.6 Å². The average Bonchev–Trinajstić information content (AvgIpc) is 2.60. The van der Waals surface area contributed by atoms with Crippen molar-refractivity contribution in [2.24, 2.45) is 7.05 Å². The van der Waals surface area contributed by atoms with E-state index < -0.39 is 40.2 Å². The minimum atomic E-state index is -4.96. The molecular formula is C17H10F4N4O3. The Morgan fingerprint density at radius 1 is 1.07 bits per heavy atom. The summed E-state index contributed by atoms with van der Waals surface area (Å²) in [6.07, 6.45) is -4.96. The van der Waals surface area contributed by atoms with E-state index in [1.54, 1.807) is 6.07 Å². The second-order valence-corrected chi connectivity index (χ2v) is 5.82. The van der Waals surface area contributed by atoms with E-state index in [0.29, 0.717) is 0 Å². The molecule has 0 aliphatic carbocycles. The number of aromatic nitrogens is 3. The van der Waals surface area contributed by atoms with Gasteiger partial charge in [-0.2, -0.15) is 18.4 Å². The highest BCUT2D eigenvalue weighted by atomic mass is 19.4. The molecule has 2 heterocycles. The van der Waals surface area contributed by atoms with E-state index in [1.165, 1.54) is 6.07 Å². The fourth-order valence-electron chi connectivity index (χ4n) is 2.83. The lowest BCUT2D eigenvalue weighted by molar-refractivity contribution is -0.144. The maximum Gasteiger partial charge on any atom is 0.431 e. The predicted octanol–water partition coefficient (Wildman–Crippen LogP) is 1.53. The van der Waals surface area contributed by atoms with Crippen molar-refractivity contribution in [2.75, 3.05) is 0 Å². The van der Waals surface area contributed by atoms with E-state index in [4.69, 9.17) is 5.26 Å². The maximum absolute atomic E-state index is 14.6. The third-order valence-electron chi connectivity index (χ3n) is 4.14. The van der Waals surface area contributed by atoms with Gasteiger partial charge in [-0.25, -0.2) is 13.8 Å². The molecule has 11 heteroatoms. The first kappa shape index (κ1) is 19.1. The average molecular weight is 394 g/mol. The molecule has 3 rings (SSSR count). The zero-order valence-corrected chi connectivity index (χ0v) is 14.1. The molecule has 0 radical (unpaired) electrons. The SMILES string of the molecule is Cn1c(C(F)(F)F)cc(=O)n(-c2cc3c(ccc(=O)n3CC#N)cc2F)c1=O. The van der Waals surface area contributed by atoms with Crippen LogP contribution < -0.4 is 16.8 Å². The first-order chi connectivity index (χ1) is 13.1. The standard InChI is InChI=1S/C17H10F4N4O3/c1-23-13(17(19,20)21)8-15(27)25(16(23)28)12-7-11-9(6-10(12)18)2-3-14(26)24(11)5-4-22/h2-3,6-8H,5H2,1H3. The fraction of sp³-hybridized carbons (Fsp3) is 0.176. The Morgan fingerprint density at radius 3 is 2.36 bits per heavy atom. The van der Waals surface area contributed by atoms with Crippen molar-refractivity contribution in [3.8, 4) is 11.8 Å². The van der Waals surface area contributed by atoms with E-state index in [2.05, 4.69) is 0 Å². The molecule has 0 unspecified atom stereocenters. The second kappa shape index (κ2) is 6.49. The molecule has 0 amide bonds. The molecular weight excluding hydrogens is 384 g/mol. The molecule has 3 aromatic rings. The van der Waals surface area contributed by atoms with Crippen LogP contribution in [0.15, 0.2) is 44.7 Å². The topological polar surface area (TPSA) is 89.8 Å². The van der Waals surface area contributed by atoms with Gasteiger partial charge < -0.3 is 0 Å². The first-order valence-corrected chi connectivity index (χ1v) is 7.67. The van der Waals surface area contributed by atoms with E-state index in [-0.39, 0.29) is 32.6 Å². The number of fused-ring (bicyclic) bond motifs is 1. The number of hydrogen-bond acceptors (Lipinski definition) is 4. The van der Waals surface area contributed by atoms with Crippen LogP contribution in [0.1, 0.15) is 5.69 Å². The minimum absolute atomic E-state index is 0.0410. The van der Waals surface area contributed by atoms with Crippen molar-refractivity contribution in [3.63, 3.8) is 0 Å². The molecule has 0 N–H and O–H groups in total. The third kappa shape index (κ3) is 2.98. The van der Waals surface area contributed by atoms with Gasteiger partial charge >= 0.3 is 11.9 Å². The van der Waals surface area contributed by atoms with Gasteiger partial charge in [0, 0.05) is 24.6 Å². The monoisotopic (exact) mass is 394 g/mol. The number of pyridine rings is 1. The van der Waals surface area contributed by atoms with Crippen LogP contribution in [0.2, 0.25) is 0 Å². The Bertz CT molecular complexity index is 1330. The first-order valence-electron chi connectivity index (χ1n) is 7.67. The molecule has 2 aromatic heterocycles. The number of hydrogen-bond donors (Lipinski definition) is 0. The van der Waals surface area contributed by atoms with Gasteiger partial charge in [-0.3, -0.25) is 18.7 Å². The summed E-state index contributed by atoms with van der Waals surface area (Å²) in [6, 6.07) is 6.22. The van der Waals surface area contributed by atoms with Gasteiger partial charge in [0.25, 0.3) is 11.1 Å². The van der Waals surface area contributed by atoms with E-state index in [0.717, 1.165) is 29.8 Å². The van der Waals surface area contributed by atoms with Gasteiger partial charge in [-0.15, -0.1) is 0 Å². The highest BCUT2D eigenvalue weighted by Gasteiger charge is 2.35. The molecule has 0 aliphatic heterocycles. The van der Waals surface area contributed by atoms with Gasteiger partial charge in [0.1, 0.15) is 18.1 Å². The Kier molecular flexibility index (Phi) is 4.42. The second-order valence-electron chi connectivity index (χ2n) is 5.82. The summed E-state index contributed by atoms with van der Waals surface area (Å²) in [5.41, 5.74) is -5.47. The van der Waals surface area contributed by atoms with Gasteiger partial charge in [0.15, 0.2) is 0 Å². The number of benzene rings is 1. The van der Waals surface area contributed by atoms with Gasteiger partial charge in [-0.1, -0.05) is 0 Å². The smallest absolute Gasteiger partial charge is 0.294 e. The summed E-state index contributed by atoms with van der Waals surface area (Å²) >= 11 is 0. The summed E-state index contributed by atoms with van der Waals surface area (Å²) in [7, 11) is 0.797. The lowest BCUT2D eigenvalue weighted by Gasteiger charge is -2.15. The molecule has 0 fully saturated rings. The number of rotatable bonds is 2. The highest BCUT2D eigenvalue weighted by molar-refractivity contribution is 5.81. The summed E-state index contributed by atoms with van der Waals surface area (Å²) in [5, 5.41) is 9.08. The molecule has 0 saturated heterocycles. The zero-order valence-electron chi connectivity index (χ0n) is 14.1. The number of nitrogens with zero attached hydrogens (tertiary/aromatic N) is 4. The lowest BCUT2D eigenvalue weighted by atomic mass is 10.1. The van der Waals surface area contributed by atoms with Crippen LogP contribution in [-0.4, -0.2) is 13.7 Å². The fourth-order valence-corrected chi connectivity index (χ4v) is 2.83. The summed E-state index contributed by atoms with van der Waals surface area (Å²) < 4.78 is 54.9. The Labute approximate surface area is 152 Å². The Hall–Kier alpha value is -3.68. The number of nitriles is 1. The van der Waals surface area contributed by atoms with Crippen molar-refractivity contribution >= 4 is 10.9 Å². The van der Waals surface area contributed by atoms with Crippen LogP contribution in [0.25, 0.3) is 16.6 Å². The van der Waals surface area contributed by atoms with Crippen molar-refractivity contribution in [3.05, 3.63) is 73.0 Å². The van der Waals surface area contributed by atoms with Crippen LogP contribution in [0.5, 0.6) is 0 Å². The van der Waals surface area contributed by atoms with Crippen molar-refractivity contribution in [1.29, 1.82) is 5.26 Å². The summed E-state index contributed by atoms with van der Waals surface area (Å²) in [5.74, 6) is -1.06. The predicted molar refractivity (Wildman–Crippen MR) is 89.6 cm³/mol. The maximum atomic E-state index is 14.6. The molecule has 0 saturated carbocycles. The van der Waals surface area contributed by atoms with Crippen molar-refractivity contribution < 1.29 is 17.6 Å².